The van der Waals surface area contributed by atoms with Crippen molar-refractivity contribution < 1.29 is 32.3 Å². The van der Waals surface area contributed by atoms with Crippen molar-refractivity contribution in [3.05, 3.63) is 28.8 Å². The minimum absolute atomic E-state index is 0.0758. The molecule has 1 aromatic rings. The van der Waals surface area contributed by atoms with E-state index in [1.807, 2.05) is 5.32 Å². The van der Waals surface area contributed by atoms with Gasteiger partial charge in [0.2, 0.25) is 10.0 Å². The molecule has 1 rings (SSSR count). The summed E-state index contributed by atoms with van der Waals surface area (Å²) < 4.78 is 34.8. The lowest BCUT2D eigenvalue weighted by Crippen LogP contribution is -2.34. The minimum Gasteiger partial charge on any atom is -0.452 e. The van der Waals surface area contributed by atoms with Crippen molar-refractivity contribution >= 4 is 39.6 Å². The lowest BCUT2D eigenvalue weighted by atomic mass is 10.2. The smallest absolute Gasteiger partial charge is 0.413 e. The summed E-state index contributed by atoms with van der Waals surface area (Å²) in [5.41, 5.74) is -0.128. The van der Waals surface area contributed by atoms with Gasteiger partial charge in [-0.15, -0.1) is 0 Å². The zero-order valence-corrected chi connectivity index (χ0v) is 14.4. The number of hydrogen-bond acceptors (Lipinski definition) is 7. The summed E-state index contributed by atoms with van der Waals surface area (Å²) in [4.78, 5) is 33.9. The van der Waals surface area contributed by atoms with Crippen LogP contribution in [-0.2, 0) is 24.3 Å². The fourth-order valence-electron chi connectivity index (χ4n) is 1.48. The molecule has 1 aromatic carbocycles. The number of amides is 2. The van der Waals surface area contributed by atoms with Gasteiger partial charge < -0.3 is 9.47 Å². The Morgan fingerprint density at radius 2 is 1.88 bits per heavy atom. The van der Waals surface area contributed by atoms with E-state index < -0.39 is 34.6 Å². The van der Waals surface area contributed by atoms with Gasteiger partial charge in [0, 0.05) is 0 Å². The van der Waals surface area contributed by atoms with Crippen molar-refractivity contribution in [1.29, 1.82) is 0 Å². The van der Waals surface area contributed by atoms with Gasteiger partial charge >= 0.3 is 12.1 Å². The molecular weight excluding hydrogens is 364 g/mol. The largest absolute Gasteiger partial charge is 0.452 e. The average molecular weight is 379 g/mol. The van der Waals surface area contributed by atoms with Gasteiger partial charge in [-0.1, -0.05) is 11.6 Å². The highest BCUT2D eigenvalue weighted by Crippen LogP contribution is 2.22. The molecule has 0 unspecified atom stereocenters. The van der Waals surface area contributed by atoms with E-state index in [1.165, 1.54) is 19.2 Å². The van der Waals surface area contributed by atoms with Gasteiger partial charge in [-0.25, -0.2) is 22.7 Å². The van der Waals surface area contributed by atoms with Crippen LogP contribution in [0.3, 0.4) is 0 Å². The van der Waals surface area contributed by atoms with Crippen LogP contribution in [0.2, 0.25) is 5.02 Å². The van der Waals surface area contributed by atoms with Crippen molar-refractivity contribution in [3.63, 3.8) is 0 Å². The number of sulfonamides is 1. The summed E-state index contributed by atoms with van der Waals surface area (Å²) in [6.07, 6.45) is -0.965. The Labute approximate surface area is 143 Å². The Morgan fingerprint density at radius 3 is 2.46 bits per heavy atom. The number of imide groups is 1. The van der Waals surface area contributed by atoms with Crippen molar-refractivity contribution in [3.8, 4) is 0 Å². The highest BCUT2D eigenvalue weighted by molar-refractivity contribution is 7.89. The van der Waals surface area contributed by atoms with E-state index in [9.17, 15) is 22.8 Å². The number of alkyl carbamates (subject to hydrolysis) is 1. The van der Waals surface area contributed by atoms with Crippen LogP contribution in [0.5, 0.6) is 0 Å². The fourth-order valence-corrected chi connectivity index (χ4v) is 2.73. The quantitative estimate of drug-likeness (QED) is 0.696. The van der Waals surface area contributed by atoms with Gasteiger partial charge in [0.05, 0.1) is 17.2 Å². The second kappa shape index (κ2) is 8.62. The van der Waals surface area contributed by atoms with Crippen LogP contribution in [0.15, 0.2) is 23.1 Å². The number of rotatable bonds is 6. The Bertz CT molecular complexity index is 749. The van der Waals surface area contributed by atoms with Crippen LogP contribution < -0.4 is 10.0 Å². The maximum atomic E-state index is 11.9. The second-order valence-corrected chi connectivity index (χ2v) is 6.46. The van der Waals surface area contributed by atoms with Crippen LogP contribution in [0.25, 0.3) is 0 Å². The van der Waals surface area contributed by atoms with Gasteiger partial charge in [0.25, 0.3) is 5.91 Å². The first-order chi connectivity index (χ1) is 11.2. The first-order valence-corrected chi connectivity index (χ1v) is 8.44. The monoisotopic (exact) mass is 378 g/mol. The summed E-state index contributed by atoms with van der Waals surface area (Å²) in [6.45, 7) is 0.891. The molecule has 132 valence electrons. The van der Waals surface area contributed by atoms with Crippen molar-refractivity contribution in [1.82, 2.24) is 10.0 Å². The third-order valence-corrected chi connectivity index (χ3v) is 4.47. The normalized spacial score (nSPS) is 10.8. The average Bonchev–Trinajstić information content (AvgIpc) is 2.53. The third-order valence-electron chi connectivity index (χ3n) is 2.58. The Hall–Kier alpha value is -2.17. The van der Waals surface area contributed by atoms with E-state index in [-0.39, 0.29) is 22.1 Å². The van der Waals surface area contributed by atoms with Gasteiger partial charge in [0.15, 0.2) is 6.61 Å². The van der Waals surface area contributed by atoms with Gasteiger partial charge in [-0.2, -0.15) is 0 Å². The molecule has 0 aliphatic rings. The highest BCUT2D eigenvalue weighted by Gasteiger charge is 2.20. The van der Waals surface area contributed by atoms with Crippen molar-refractivity contribution in [2.45, 2.75) is 11.8 Å². The third kappa shape index (κ3) is 5.48. The molecule has 0 bridgehead atoms. The zero-order valence-electron chi connectivity index (χ0n) is 12.8. The second-order valence-electron chi connectivity index (χ2n) is 4.20. The molecule has 0 aromatic heterocycles. The molecule has 0 aliphatic heterocycles. The van der Waals surface area contributed by atoms with E-state index >= 15 is 0 Å². The number of nitrogens with one attached hydrogen (secondary N) is 2. The first-order valence-electron chi connectivity index (χ1n) is 6.58. The summed E-state index contributed by atoms with van der Waals surface area (Å²) in [5.74, 6) is -1.85. The molecule has 0 saturated heterocycles. The number of hydrogen-bond donors (Lipinski definition) is 2. The molecule has 0 aliphatic carbocycles. The van der Waals surface area contributed by atoms with Crippen LogP contribution >= 0.6 is 11.6 Å². The van der Waals surface area contributed by atoms with Gasteiger partial charge in [-0.05, 0) is 32.2 Å². The van der Waals surface area contributed by atoms with E-state index in [0.29, 0.717) is 0 Å². The van der Waals surface area contributed by atoms with E-state index in [2.05, 4.69) is 9.46 Å². The lowest BCUT2D eigenvalue weighted by molar-refractivity contribution is -0.123. The maximum Gasteiger partial charge on any atom is 0.413 e. The molecule has 11 heteroatoms. The zero-order chi connectivity index (χ0) is 18.3. The SMILES string of the molecule is CCOC(=O)NC(=O)COC(=O)c1ccc(Cl)c(S(=O)(=O)NC)c1. The predicted octanol–water partition coefficient (Wildman–Crippen LogP) is 0.678. The highest BCUT2D eigenvalue weighted by atomic mass is 35.5. The number of ether oxygens (including phenoxy) is 2. The van der Waals surface area contributed by atoms with Crippen LogP contribution in [0.1, 0.15) is 17.3 Å². The minimum atomic E-state index is -3.87. The maximum absolute atomic E-state index is 11.9. The summed E-state index contributed by atoms with van der Waals surface area (Å²) in [6, 6.07) is 3.46. The number of carbonyl (C=O) groups is 3. The Morgan fingerprint density at radius 1 is 1.21 bits per heavy atom. The molecule has 0 saturated carbocycles. The predicted molar refractivity (Wildman–Crippen MR) is 83.1 cm³/mol. The number of halogens is 1. The molecule has 9 nitrogen and oxygen atoms in total. The van der Waals surface area contributed by atoms with Gasteiger partial charge in [-0.3, -0.25) is 10.1 Å². The van der Waals surface area contributed by atoms with Crippen molar-refractivity contribution in [2.75, 3.05) is 20.3 Å². The summed E-state index contributed by atoms with van der Waals surface area (Å²) in [5, 5.41) is 1.75. The first kappa shape index (κ1) is 19.9. The van der Waals surface area contributed by atoms with Crippen LogP contribution in [0.4, 0.5) is 4.79 Å². The Balaban J connectivity index is 2.78. The lowest BCUT2D eigenvalue weighted by Gasteiger charge is -2.08. The molecular formula is C13H15ClN2O7S. The topological polar surface area (TPSA) is 128 Å². The van der Waals surface area contributed by atoms with E-state index in [1.54, 1.807) is 6.92 Å². The van der Waals surface area contributed by atoms with E-state index in [4.69, 9.17) is 16.3 Å². The molecule has 2 amide bonds. The molecule has 0 spiro atoms. The van der Waals surface area contributed by atoms with E-state index in [0.717, 1.165) is 6.07 Å². The molecule has 0 fully saturated rings. The standard InChI is InChI=1S/C13H15ClN2O7S/c1-3-22-13(19)16-11(17)7-23-12(18)8-4-5-9(14)10(6-8)24(20,21)15-2/h4-6,15H,3,7H2,1-2H3,(H,16,17,19). The molecule has 2 N–H and O–H groups in total. The summed E-state index contributed by atoms with van der Waals surface area (Å²) in [7, 11) is -2.68. The molecule has 0 atom stereocenters. The molecule has 0 radical (unpaired) electrons. The van der Waals surface area contributed by atoms with Gasteiger partial charge in [0.1, 0.15) is 4.90 Å². The Kier molecular flexibility index (Phi) is 7.14. The molecule has 0 heterocycles. The summed E-state index contributed by atoms with van der Waals surface area (Å²) >= 11 is 5.79. The molecule has 24 heavy (non-hydrogen) atoms. The number of esters is 1. The van der Waals surface area contributed by atoms with Crippen LogP contribution in [0, 0.1) is 0 Å². The van der Waals surface area contributed by atoms with Crippen molar-refractivity contribution in [2.24, 2.45) is 0 Å². The fraction of sp³-hybridized carbons (Fsp3) is 0.308. The number of benzene rings is 1. The number of carbonyl (C=O) groups excluding carboxylic acids is 3. The van der Waals surface area contributed by atoms with Crippen LogP contribution in [-0.4, -0.2) is 46.6 Å².